The van der Waals surface area contributed by atoms with E-state index in [0.29, 0.717) is 25.7 Å². The molecule has 0 spiro atoms. The van der Waals surface area contributed by atoms with E-state index in [9.17, 15) is 14.8 Å². The van der Waals surface area contributed by atoms with E-state index in [1.807, 2.05) is 6.92 Å². The second-order valence-electron chi connectivity index (χ2n) is 12.8. The zero-order chi connectivity index (χ0) is 30.7. The average molecular weight is 585 g/mol. The van der Waals surface area contributed by atoms with Gasteiger partial charge in [0.1, 0.15) is 14.1 Å². The molecule has 244 valence electrons. The monoisotopic (exact) mass is 585 g/mol. The first-order valence-electron chi connectivity index (χ1n) is 17.7. The average Bonchev–Trinajstić information content (AvgIpc) is 2.92. The highest BCUT2D eigenvalue weighted by atomic mass is 16.7. The minimum absolute atomic E-state index is 0.120. The van der Waals surface area contributed by atoms with Gasteiger partial charge in [0, 0.05) is 19.3 Å². The number of likely N-dealkylation sites (N-methyl/N-ethyl adjacent to an activating group) is 1. The standard InChI is InChI=1S/C35H70NO5/c1-6-9-11-13-15-17-19-21-23-25-27-29-33(37)40-32-35(31-8-3,36(4,5)39)41-34(38)30-28-26-24-22-20-18-16-14-12-10-7-2/h39H,6-32H2,1-5H3/q+1. The van der Waals surface area contributed by atoms with Gasteiger partial charge >= 0.3 is 17.7 Å². The van der Waals surface area contributed by atoms with Crippen molar-refractivity contribution >= 4 is 11.9 Å². The number of carbonyl (C=O) groups is 2. The summed E-state index contributed by atoms with van der Waals surface area (Å²) in [5, 5.41) is 10.9. The Hall–Kier alpha value is -1.14. The normalized spacial score (nSPS) is 13.2. The third-order valence-electron chi connectivity index (χ3n) is 8.37. The van der Waals surface area contributed by atoms with E-state index in [-0.39, 0.29) is 18.5 Å². The van der Waals surface area contributed by atoms with Crippen LogP contribution in [0.2, 0.25) is 0 Å². The van der Waals surface area contributed by atoms with Crippen LogP contribution in [0.1, 0.15) is 188 Å². The van der Waals surface area contributed by atoms with Gasteiger partial charge in [0.05, 0.1) is 0 Å². The topological polar surface area (TPSA) is 72.8 Å². The smallest absolute Gasteiger partial charge is 0.310 e. The van der Waals surface area contributed by atoms with Crippen molar-refractivity contribution < 1.29 is 28.9 Å². The first-order valence-corrected chi connectivity index (χ1v) is 17.7. The van der Waals surface area contributed by atoms with Crippen molar-refractivity contribution in [1.29, 1.82) is 0 Å². The summed E-state index contributed by atoms with van der Waals surface area (Å²) in [5.41, 5.74) is -1.28. The molecule has 41 heavy (non-hydrogen) atoms. The van der Waals surface area contributed by atoms with Crippen LogP contribution in [0.25, 0.3) is 0 Å². The molecule has 0 aliphatic carbocycles. The fraction of sp³-hybridized carbons (Fsp3) is 0.943. The molecular weight excluding hydrogens is 514 g/mol. The number of nitrogens with zero attached hydrogens (tertiary/aromatic N) is 1. The quantitative estimate of drug-likeness (QED) is 0.0299. The number of ether oxygens (including phenoxy) is 2. The van der Waals surface area contributed by atoms with E-state index < -0.39 is 10.4 Å². The number of esters is 2. The lowest BCUT2D eigenvalue weighted by Gasteiger charge is -2.40. The van der Waals surface area contributed by atoms with Crippen molar-refractivity contribution in [1.82, 2.24) is 0 Å². The summed E-state index contributed by atoms with van der Waals surface area (Å²) in [4.78, 5) is 25.3. The van der Waals surface area contributed by atoms with Gasteiger partial charge in [-0.25, -0.2) is 5.21 Å². The van der Waals surface area contributed by atoms with Gasteiger partial charge in [0.15, 0.2) is 6.61 Å². The largest absolute Gasteiger partial charge is 0.455 e. The Balaban J connectivity index is 4.29. The second kappa shape index (κ2) is 26.5. The number of rotatable bonds is 30. The predicted octanol–water partition coefficient (Wildman–Crippen LogP) is 10.4. The number of hydrogen-bond acceptors (Lipinski definition) is 5. The molecule has 0 aromatic carbocycles. The first-order chi connectivity index (χ1) is 19.7. The summed E-state index contributed by atoms with van der Waals surface area (Å²) >= 11 is 0. The lowest BCUT2D eigenvalue weighted by molar-refractivity contribution is -1.13. The van der Waals surface area contributed by atoms with E-state index in [1.165, 1.54) is 103 Å². The molecule has 0 radical (unpaired) electrons. The van der Waals surface area contributed by atoms with E-state index in [4.69, 9.17) is 9.47 Å². The van der Waals surface area contributed by atoms with Crippen LogP contribution in [0, 0.1) is 0 Å². The zero-order valence-electron chi connectivity index (χ0n) is 28.1. The molecule has 0 rings (SSSR count). The van der Waals surface area contributed by atoms with Crippen molar-refractivity contribution in [3.63, 3.8) is 0 Å². The Morgan fingerprint density at radius 2 is 0.878 bits per heavy atom. The van der Waals surface area contributed by atoms with Crippen LogP contribution in [0.5, 0.6) is 0 Å². The highest BCUT2D eigenvalue weighted by Crippen LogP contribution is 2.28. The van der Waals surface area contributed by atoms with Crippen LogP contribution in [0.4, 0.5) is 0 Å². The summed E-state index contributed by atoms with van der Waals surface area (Å²) < 4.78 is 10.9. The Labute approximate surface area is 254 Å². The Kier molecular flexibility index (Phi) is 25.7. The van der Waals surface area contributed by atoms with Crippen molar-refractivity contribution in [3.8, 4) is 0 Å². The third kappa shape index (κ3) is 22.1. The Bertz CT molecular complexity index is 618. The summed E-state index contributed by atoms with van der Waals surface area (Å²) in [6, 6.07) is 0. The molecule has 6 heteroatoms. The number of unbranched alkanes of at least 4 members (excludes halogenated alkanes) is 20. The number of carbonyl (C=O) groups excluding carboxylic acids is 2. The van der Waals surface area contributed by atoms with Crippen LogP contribution >= 0.6 is 0 Å². The summed E-state index contributed by atoms with van der Waals surface area (Å²) in [6.45, 7) is 6.36. The van der Waals surface area contributed by atoms with E-state index in [2.05, 4.69) is 13.8 Å². The molecule has 0 fully saturated rings. The molecule has 1 unspecified atom stereocenters. The molecule has 0 bridgehead atoms. The van der Waals surface area contributed by atoms with Gasteiger partial charge in [0.25, 0.3) is 0 Å². The maximum Gasteiger partial charge on any atom is 0.310 e. The molecule has 0 saturated carbocycles. The van der Waals surface area contributed by atoms with Crippen LogP contribution in [-0.2, 0) is 19.1 Å². The fourth-order valence-corrected chi connectivity index (χ4v) is 5.48. The first kappa shape index (κ1) is 39.9. The van der Waals surface area contributed by atoms with E-state index >= 15 is 0 Å². The van der Waals surface area contributed by atoms with Gasteiger partial charge in [-0.1, -0.05) is 149 Å². The summed E-state index contributed by atoms with van der Waals surface area (Å²) in [5.74, 6) is -0.604. The molecule has 6 nitrogen and oxygen atoms in total. The molecule has 0 amide bonds. The minimum atomic E-state index is -1.28. The lowest BCUT2D eigenvalue weighted by atomic mass is 10.0. The summed E-state index contributed by atoms with van der Waals surface area (Å²) in [7, 11) is 3.17. The maximum atomic E-state index is 12.8. The van der Waals surface area contributed by atoms with Gasteiger partial charge in [-0.15, -0.1) is 4.65 Å². The van der Waals surface area contributed by atoms with Gasteiger partial charge in [0.2, 0.25) is 0 Å². The Morgan fingerprint density at radius 3 is 1.22 bits per heavy atom. The molecule has 1 atom stereocenters. The third-order valence-corrected chi connectivity index (χ3v) is 8.37. The van der Waals surface area contributed by atoms with Crippen LogP contribution < -0.4 is 0 Å². The van der Waals surface area contributed by atoms with E-state index in [1.54, 1.807) is 14.1 Å². The van der Waals surface area contributed by atoms with Crippen molar-refractivity contribution in [2.75, 3.05) is 20.7 Å². The van der Waals surface area contributed by atoms with Gasteiger partial charge in [-0.2, -0.15) is 0 Å². The lowest BCUT2D eigenvalue weighted by Crippen LogP contribution is -2.62. The predicted molar refractivity (Wildman–Crippen MR) is 171 cm³/mol. The zero-order valence-corrected chi connectivity index (χ0v) is 28.1. The second-order valence-corrected chi connectivity index (χ2v) is 12.8. The van der Waals surface area contributed by atoms with Crippen LogP contribution in [-0.4, -0.2) is 48.2 Å². The minimum Gasteiger partial charge on any atom is -0.455 e. The number of hydrogen-bond donors (Lipinski definition) is 1. The molecule has 1 N–H and O–H groups in total. The van der Waals surface area contributed by atoms with Crippen molar-refractivity contribution in [2.45, 2.75) is 193 Å². The molecule has 0 heterocycles. The molecule has 0 aliphatic rings. The fourth-order valence-electron chi connectivity index (χ4n) is 5.48. The highest BCUT2D eigenvalue weighted by Gasteiger charge is 2.50. The highest BCUT2D eigenvalue weighted by molar-refractivity contribution is 5.70. The van der Waals surface area contributed by atoms with Gasteiger partial charge in [-0.05, 0) is 19.3 Å². The summed E-state index contributed by atoms with van der Waals surface area (Å²) in [6.07, 6.45) is 28.8. The number of quaternary nitrogens is 1. The van der Waals surface area contributed by atoms with Gasteiger partial charge in [-0.3, -0.25) is 9.59 Å². The Morgan fingerprint density at radius 1 is 0.537 bits per heavy atom. The number of hydroxylamine groups is 3. The molecule has 0 aliphatic heterocycles. The van der Waals surface area contributed by atoms with Crippen molar-refractivity contribution in [3.05, 3.63) is 0 Å². The van der Waals surface area contributed by atoms with Crippen LogP contribution in [0.15, 0.2) is 0 Å². The van der Waals surface area contributed by atoms with Crippen LogP contribution in [0.3, 0.4) is 0 Å². The molecule has 0 aromatic rings. The molecular formula is C35H70NO5+. The molecule has 0 saturated heterocycles. The van der Waals surface area contributed by atoms with Gasteiger partial charge < -0.3 is 9.47 Å². The maximum absolute atomic E-state index is 12.8. The molecule has 0 aromatic heterocycles. The van der Waals surface area contributed by atoms with Crippen molar-refractivity contribution in [2.24, 2.45) is 0 Å². The van der Waals surface area contributed by atoms with E-state index in [0.717, 1.165) is 38.5 Å². The SMILES string of the molecule is CCCCCCCCCCCCCC(=O)OCC(CCC)(OC(=O)CCCCCCCCCCCCC)[N+](C)(C)O.